The maximum absolute atomic E-state index is 12.6. The number of aryl methyl sites for hydroxylation is 1. The van der Waals surface area contributed by atoms with Gasteiger partial charge in [-0.25, -0.2) is 4.79 Å². The molecule has 1 aliphatic rings. The third-order valence-corrected chi connectivity index (χ3v) is 5.83. The summed E-state index contributed by atoms with van der Waals surface area (Å²) in [6.45, 7) is 1.65. The number of esters is 1. The number of nitrogens with one attached hydrogen (secondary N) is 2. The van der Waals surface area contributed by atoms with E-state index in [0.29, 0.717) is 27.8 Å². The summed E-state index contributed by atoms with van der Waals surface area (Å²) in [4.78, 5) is 37.7. The Hall–Kier alpha value is -3.98. The van der Waals surface area contributed by atoms with Gasteiger partial charge in [0.05, 0.1) is 11.3 Å². The Labute approximate surface area is 200 Å². The zero-order valence-corrected chi connectivity index (χ0v) is 19.1. The van der Waals surface area contributed by atoms with E-state index < -0.39 is 18.5 Å². The van der Waals surface area contributed by atoms with Crippen LogP contribution >= 0.6 is 11.8 Å². The normalized spacial score (nSPS) is 11.6. The van der Waals surface area contributed by atoms with Crippen molar-refractivity contribution in [3.8, 4) is 11.5 Å². The van der Waals surface area contributed by atoms with Gasteiger partial charge < -0.3 is 24.8 Å². The number of hydrogen-bond acceptors (Lipinski definition) is 7. The van der Waals surface area contributed by atoms with Crippen molar-refractivity contribution in [2.24, 2.45) is 0 Å². The van der Waals surface area contributed by atoms with Gasteiger partial charge in [0.25, 0.3) is 5.91 Å². The standard InChI is InChI=1S/C25H22N2O6S/c1-16-5-4-6-17(11-16)26-23(28)13-31-25(30)19-7-2-3-8-22(19)34-14-24(29)27-18-9-10-20-21(12-18)33-15-32-20/h2-12H,13-15H2,1H3,(H,26,28)(H,27,29). The Morgan fingerprint density at radius 1 is 0.882 bits per heavy atom. The van der Waals surface area contributed by atoms with E-state index in [0.717, 1.165) is 5.56 Å². The van der Waals surface area contributed by atoms with Crippen LogP contribution in [0.3, 0.4) is 0 Å². The van der Waals surface area contributed by atoms with Gasteiger partial charge in [0.15, 0.2) is 18.1 Å². The summed E-state index contributed by atoms with van der Waals surface area (Å²) >= 11 is 1.20. The molecule has 0 radical (unpaired) electrons. The maximum Gasteiger partial charge on any atom is 0.339 e. The van der Waals surface area contributed by atoms with E-state index >= 15 is 0 Å². The van der Waals surface area contributed by atoms with Crippen LogP contribution < -0.4 is 20.1 Å². The van der Waals surface area contributed by atoms with Gasteiger partial charge in [-0.3, -0.25) is 9.59 Å². The van der Waals surface area contributed by atoms with Crippen LogP contribution in [0.5, 0.6) is 11.5 Å². The van der Waals surface area contributed by atoms with E-state index in [1.807, 2.05) is 25.1 Å². The number of carbonyl (C=O) groups excluding carboxylic acids is 3. The number of ether oxygens (including phenoxy) is 3. The van der Waals surface area contributed by atoms with Crippen LogP contribution in [-0.4, -0.2) is 36.9 Å². The lowest BCUT2D eigenvalue weighted by atomic mass is 10.2. The molecule has 0 unspecified atom stereocenters. The van der Waals surface area contributed by atoms with Gasteiger partial charge in [0.1, 0.15) is 0 Å². The average Bonchev–Trinajstić information content (AvgIpc) is 3.29. The van der Waals surface area contributed by atoms with Crippen molar-refractivity contribution in [2.75, 3.05) is 29.8 Å². The summed E-state index contributed by atoms with van der Waals surface area (Å²) in [5, 5.41) is 5.49. The van der Waals surface area contributed by atoms with E-state index in [-0.39, 0.29) is 24.0 Å². The number of hydrogen-bond donors (Lipinski definition) is 2. The third kappa shape index (κ3) is 6.08. The largest absolute Gasteiger partial charge is 0.454 e. The van der Waals surface area contributed by atoms with Crippen molar-refractivity contribution < 1.29 is 28.6 Å². The van der Waals surface area contributed by atoms with Gasteiger partial charge in [-0.1, -0.05) is 24.3 Å². The van der Waals surface area contributed by atoms with Crippen LogP contribution in [-0.2, 0) is 14.3 Å². The molecule has 0 bridgehead atoms. The fourth-order valence-electron chi connectivity index (χ4n) is 3.20. The molecular weight excluding hydrogens is 456 g/mol. The molecule has 2 amide bonds. The second-order valence-electron chi connectivity index (χ2n) is 7.39. The minimum Gasteiger partial charge on any atom is -0.454 e. The number of rotatable bonds is 8. The summed E-state index contributed by atoms with van der Waals surface area (Å²) in [6, 6.07) is 19.2. The number of carbonyl (C=O) groups is 3. The van der Waals surface area contributed by atoms with Crippen molar-refractivity contribution >= 4 is 40.9 Å². The first-order valence-corrected chi connectivity index (χ1v) is 11.4. The lowest BCUT2D eigenvalue weighted by Gasteiger charge is -2.10. The molecule has 1 heterocycles. The maximum atomic E-state index is 12.6. The van der Waals surface area contributed by atoms with Crippen molar-refractivity contribution in [3.63, 3.8) is 0 Å². The third-order valence-electron chi connectivity index (χ3n) is 4.76. The van der Waals surface area contributed by atoms with Crippen LogP contribution in [0.15, 0.2) is 71.6 Å². The number of benzene rings is 3. The quantitative estimate of drug-likeness (QED) is 0.369. The highest BCUT2D eigenvalue weighted by Gasteiger charge is 2.17. The van der Waals surface area contributed by atoms with Crippen LogP contribution in [0.2, 0.25) is 0 Å². The number of amides is 2. The highest BCUT2D eigenvalue weighted by Crippen LogP contribution is 2.34. The molecule has 0 atom stereocenters. The Bertz CT molecular complexity index is 1230. The number of anilines is 2. The first-order valence-electron chi connectivity index (χ1n) is 10.4. The highest BCUT2D eigenvalue weighted by molar-refractivity contribution is 8.00. The predicted molar refractivity (Wildman–Crippen MR) is 128 cm³/mol. The Morgan fingerprint density at radius 3 is 2.50 bits per heavy atom. The van der Waals surface area contributed by atoms with Gasteiger partial charge >= 0.3 is 5.97 Å². The Balaban J connectivity index is 1.29. The first kappa shape index (κ1) is 23.2. The fraction of sp³-hybridized carbons (Fsp3) is 0.160. The molecule has 0 saturated carbocycles. The summed E-state index contributed by atoms with van der Waals surface area (Å²) in [6.07, 6.45) is 0. The Kier molecular flexibility index (Phi) is 7.34. The molecule has 0 spiro atoms. The first-order chi connectivity index (χ1) is 16.5. The molecule has 2 N–H and O–H groups in total. The van der Waals surface area contributed by atoms with Crippen LogP contribution in [0.25, 0.3) is 0 Å². The average molecular weight is 479 g/mol. The molecule has 8 nitrogen and oxygen atoms in total. The molecule has 174 valence electrons. The van der Waals surface area contributed by atoms with Crippen LogP contribution in [0.1, 0.15) is 15.9 Å². The van der Waals surface area contributed by atoms with Gasteiger partial charge in [0.2, 0.25) is 12.7 Å². The molecule has 4 rings (SSSR count). The van der Waals surface area contributed by atoms with Crippen molar-refractivity contribution in [1.82, 2.24) is 0 Å². The minimum atomic E-state index is -0.640. The molecule has 0 aliphatic carbocycles. The van der Waals surface area contributed by atoms with Gasteiger partial charge in [-0.2, -0.15) is 0 Å². The van der Waals surface area contributed by atoms with Crippen LogP contribution in [0, 0.1) is 6.92 Å². The zero-order chi connectivity index (χ0) is 23.9. The van der Waals surface area contributed by atoms with E-state index in [9.17, 15) is 14.4 Å². The second-order valence-corrected chi connectivity index (χ2v) is 8.41. The number of thioether (sulfide) groups is 1. The summed E-state index contributed by atoms with van der Waals surface area (Å²) in [7, 11) is 0. The van der Waals surface area contributed by atoms with E-state index in [4.69, 9.17) is 14.2 Å². The fourth-order valence-corrected chi connectivity index (χ4v) is 4.04. The van der Waals surface area contributed by atoms with E-state index in [1.54, 1.807) is 48.5 Å². The van der Waals surface area contributed by atoms with Gasteiger partial charge in [-0.05, 0) is 48.9 Å². The SMILES string of the molecule is Cc1cccc(NC(=O)COC(=O)c2ccccc2SCC(=O)Nc2ccc3c(c2)OCO3)c1. The van der Waals surface area contributed by atoms with Crippen molar-refractivity contribution in [1.29, 1.82) is 0 Å². The molecule has 1 aliphatic heterocycles. The smallest absolute Gasteiger partial charge is 0.339 e. The molecule has 9 heteroatoms. The topological polar surface area (TPSA) is 103 Å². The molecule has 3 aromatic rings. The summed E-state index contributed by atoms with van der Waals surface area (Å²) < 4.78 is 15.8. The molecule has 0 aromatic heterocycles. The molecule has 3 aromatic carbocycles. The molecule has 34 heavy (non-hydrogen) atoms. The van der Waals surface area contributed by atoms with Crippen LogP contribution in [0.4, 0.5) is 11.4 Å². The van der Waals surface area contributed by atoms with Crippen molar-refractivity contribution in [2.45, 2.75) is 11.8 Å². The summed E-state index contributed by atoms with van der Waals surface area (Å²) in [5.74, 6) is -0.0418. The zero-order valence-electron chi connectivity index (χ0n) is 18.3. The summed E-state index contributed by atoms with van der Waals surface area (Å²) in [5.41, 5.74) is 2.50. The predicted octanol–water partition coefficient (Wildman–Crippen LogP) is 4.25. The van der Waals surface area contributed by atoms with E-state index in [2.05, 4.69) is 10.6 Å². The Morgan fingerprint density at radius 2 is 1.65 bits per heavy atom. The lowest BCUT2D eigenvalue weighted by molar-refractivity contribution is -0.119. The van der Waals surface area contributed by atoms with Gasteiger partial charge in [0, 0.05) is 22.3 Å². The van der Waals surface area contributed by atoms with Gasteiger partial charge in [-0.15, -0.1) is 11.8 Å². The number of fused-ring (bicyclic) bond motifs is 1. The monoisotopic (exact) mass is 478 g/mol. The van der Waals surface area contributed by atoms with Crippen molar-refractivity contribution in [3.05, 3.63) is 77.9 Å². The van der Waals surface area contributed by atoms with E-state index in [1.165, 1.54) is 11.8 Å². The minimum absolute atomic E-state index is 0.0760. The molecule has 0 fully saturated rings. The lowest BCUT2D eigenvalue weighted by Crippen LogP contribution is -2.21. The molecule has 0 saturated heterocycles. The highest BCUT2D eigenvalue weighted by atomic mass is 32.2. The molecular formula is C25H22N2O6S. The second kappa shape index (κ2) is 10.8.